The molecule has 0 saturated carbocycles. The van der Waals surface area contributed by atoms with Gasteiger partial charge in [0.05, 0.1) is 36.7 Å². The second-order valence-corrected chi connectivity index (χ2v) is 6.40. The molecule has 1 heterocycles. The first-order valence-corrected chi connectivity index (χ1v) is 8.86. The van der Waals surface area contributed by atoms with Gasteiger partial charge in [0.25, 0.3) is 5.91 Å². The van der Waals surface area contributed by atoms with Crippen molar-refractivity contribution in [2.45, 2.75) is 20.3 Å². The summed E-state index contributed by atoms with van der Waals surface area (Å²) in [5, 5.41) is 2.82. The number of halogens is 1. The van der Waals surface area contributed by atoms with E-state index in [4.69, 9.17) is 9.47 Å². The zero-order valence-corrected chi connectivity index (χ0v) is 16.3. The van der Waals surface area contributed by atoms with E-state index in [1.165, 1.54) is 12.1 Å². The first kappa shape index (κ1) is 19.5. The van der Waals surface area contributed by atoms with Crippen molar-refractivity contribution in [2.24, 2.45) is 0 Å². The molecule has 3 aromatic rings. The number of methoxy groups -OCH3 is 2. The van der Waals surface area contributed by atoms with Crippen LogP contribution >= 0.6 is 0 Å². The predicted octanol–water partition coefficient (Wildman–Crippen LogP) is 3.38. The molecule has 6 nitrogen and oxygen atoms in total. The molecule has 1 amide bonds. The van der Waals surface area contributed by atoms with Crippen molar-refractivity contribution in [3.63, 3.8) is 0 Å². The molecule has 7 heteroatoms. The lowest BCUT2D eigenvalue weighted by atomic mass is 10.1. The van der Waals surface area contributed by atoms with Crippen molar-refractivity contribution in [1.82, 2.24) is 15.3 Å². The van der Waals surface area contributed by atoms with Gasteiger partial charge in [-0.05, 0) is 50.1 Å². The molecule has 146 valence electrons. The number of fused-ring (bicyclic) bond motifs is 1. The van der Waals surface area contributed by atoms with Gasteiger partial charge in [-0.2, -0.15) is 0 Å². The third-order valence-electron chi connectivity index (χ3n) is 4.56. The van der Waals surface area contributed by atoms with Crippen LogP contribution < -0.4 is 14.8 Å². The van der Waals surface area contributed by atoms with E-state index in [1.807, 2.05) is 25.1 Å². The maximum Gasteiger partial charge on any atom is 0.253 e. The summed E-state index contributed by atoms with van der Waals surface area (Å²) >= 11 is 0. The number of carbonyl (C=O) groups excluding carboxylic acids is 1. The van der Waals surface area contributed by atoms with E-state index < -0.39 is 11.7 Å². The van der Waals surface area contributed by atoms with Gasteiger partial charge < -0.3 is 14.8 Å². The van der Waals surface area contributed by atoms with Crippen LogP contribution in [-0.4, -0.2) is 36.6 Å². The second kappa shape index (κ2) is 8.21. The zero-order chi connectivity index (χ0) is 20.3. The number of nitrogens with zero attached hydrogens (tertiary/aromatic N) is 2. The number of carbonyl (C=O) groups is 1. The van der Waals surface area contributed by atoms with Crippen molar-refractivity contribution in [3.05, 3.63) is 58.7 Å². The Labute approximate surface area is 162 Å². The van der Waals surface area contributed by atoms with Gasteiger partial charge in [0.1, 0.15) is 22.8 Å². The predicted molar refractivity (Wildman–Crippen MR) is 105 cm³/mol. The summed E-state index contributed by atoms with van der Waals surface area (Å²) in [7, 11) is 3.18. The molecular weight excluding hydrogens is 361 g/mol. The number of nitrogens with one attached hydrogen (secondary N) is 1. The lowest BCUT2D eigenvalue weighted by molar-refractivity contribution is 0.0955. The summed E-state index contributed by atoms with van der Waals surface area (Å²) in [5.74, 6) is 0.496. The van der Waals surface area contributed by atoms with E-state index in [2.05, 4.69) is 15.3 Å². The fourth-order valence-corrected chi connectivity index (χ4v) is 2.95. The second-order valence-electron chi connectivity index (χ2n) is 6.40. The van der Waals surface area contributed by atoms with Crippen LogP contribution in [0.3, 0.4) is 0 Å². The highest BCUT2D eigenvalue weighted by atomic mass is 19.1. The number of hydrogen-bond acceptors (Lipinski definition) is 5. The van der Waals surface area contributed by atoms with E-state index >= 15 is 0 Å². The average Bonchev–Trinajstić information content (AvgIpc) is 2.68. The molecule has 0 atom stereocenters. The highest BCUT2D eigenvalue weighted by molar-refractivity contribution is 6.04. The monoisotopic (exact) mass is 383 g/mol. The molecule has 0 aliphatic rings. The minimum absolute atomic E-state index is 0.170. The number of amides is 1. The molecule has 1 N–H and O–H groups in total. The van der Waals surface area contributed by atoms with Gasteiger partial charge in [0.15, 0.2) is 0 Å². The van der Waals surface area contributed by atoms with E-state index in [9.17, 15) is 9.18 Å². The van der Waals surface area contributed by atoms with Gasteiger partial charge in [-0.25, -0.2) is 14.4 Å². The summed E-state index contributed by atoms with van der Waals surface area (Å²) in [6.45, 7) is 3.95. The molecule has 0 fully saturated rings. The van der Waals surface area contributed by atoms with Crippen LogP contribution in [0.25, 0.3) is 11.0 Å². The maximum atomic E-state index is 14.0. The zero-order valence-electron chi connectivity index (χ0n) is 16.3. The summed E-state index contributed by atoms with van der Waals surface area (Å²) in [6.07, 6.45) is 0.531. The number of ether oxygens (including phenoxy) is 2. The average molecular weight is 383 g/mol. The number of aromatic nitrogens is 2. The smallest absolute Gasteiger partial charge is 0.253 e. The highest BCUT2D eigenvalue weighted by Gasteiger charge is 2.15. The Bertz CT molecular complexity index is 1040. The van der Waals surface area contributed by atoms with Crippen molar-refractivity contribution in [3.8, 4) is 11.5 Å². The van der Waals surface area contributed by atoms with Crippen LogP contribution in [0.1, 0.15) is 27.3 Å². The van der Waals surface area contributed by atoms with Crippen molar-refractivity contribution >= 4 is 16.9 Å². The molecule has 0 aliphatic heterocycles. The van der Waals surface area contributed by atoms with Gasteiger partial charge >= 0.3 is 0 Å². The Morgan fingerprint density at radius 1 is 1.07 bits per heavy atom. The summed E-state index contributed by atoms with van der Waals surface area (Å²) in [6, 6.07) is 7.96. The van der Waals surface area contributed by atoms with Gasteiger partial charge in [-0.1, -0.05) is 0 Å². The van der Waals surface area contributed by atoms with E-state index in [-0.39, 0.29) is 5.56 Å². The summed E-state index contributed by atoms with van der Waals surface area (Å²) < 4.78 is 24.6. The Kier molecular flexibility index (Phi) is 5.73. The van der Waals surface area contributed by atoms with Crippen LogP contribution in [0.4, 0.5) is 4.39 Å². The van der Waals surface area contributed by atoms with Crippen LogP contribution in [0.5, 0.6) is 11.5 Å². The molecule has 3 rings (SSSR count). The molecule has 0 spiro atoms. The molecule has 0 radical (unpaired) electrons. The summed E-state index contributed by atoms with van der Waals surface area (Å²) in [5.41, 5.74) is 3.23. The Hall–Kier alpha value is -3.22. The quantitative estimate of drug-likeness (QED) is 0.706. The third kappa shape index (κ3) is 4.03. The normalized spacial score (nSPS) is 10.8. The highest BCUT2D eigenvalue weighted by Crippen LogP contribution is 2.24. The lowest BCUT2D eigenvalue weighted by Crippen LogP contribution is -2.26. The Balaban J connectivity index is 1.80. The molecule has 0 unspecified atom stereocenters. The van der Waals surface area contributed by atoms with Crippen LogP contribution in [0, 0.1) is 19.7 Å². The molecule has 2 aromatic carbocycles. The van der Waals surface area contributed by atoms with E-state index in [1.54, 1.807) is 21.1 Å². The maximum absolute atomic E-state index is 14.0. The molecular formula is C21H22FN3O3. The minimum Gasteiger partial charge on any atom is -0.497 e. The van der Waals surface area contributed by atoms with Crippen LogP contribution in [0.15, 0.2) is 30.3 Å². The van der Waals surface area contributed by atoms with Crippen LogP contribution in [0.2, 0.25) is 0 Å². The van der Waals surface area contributed by atoms with Crippen molar-refractivity contribution in [2.75, 3.05) is 20.8 Å². The van der Waals surface area contributed by atoms with Gasteiger partial charge in [0, 0.05) is 12.6 Å². The SMILES string of the molecule is COc1ccc(OC)c(CCNC(=O)c2cc(F)cc3nc(C)c(C)nc23)c1. The van der Waals surface area contributed by atoms with E-state index in [0.717, 1.165) is 5.56 Å². The first-order valence-electron chi connectivity index (χ1n) is 8.86. The molecule has 0 bridgehead atoms. The standard InChI is InChI=1S/C21H22FN3O3/c1-12-13(2)25-20-17(10-15(22)11-18(20)24-12)21(26)23-8-7-14-9-16(27-3)5-6-19(14)28-4/h5-6,9-11H,7-8H2,1-4H3,(H,23,26). The summed E-state index contributed by atoms with van der Waals surface area (Å²) in [4.78, 5) is 21.4. The molecule has 0 aliphatic carbocycles. The molecule has 1 aromatic heterocycles. The lowest BCUT2D eigenvalue weighted by Gasteiger charge is -2.12. The van der Waals surface area contributed by atoms with E-state index in [0.29, 0.717) is 46.9 Å². The Morgan fingerprint density at radius 3 is 2.54 bits per heavy atom. The van der Waals surface area contributed by atoms with Crippen molar-refractivity contribution in [1.29, 1.82) is 0 Å². The van der Waals surface area contributed by atoms with Crippen molar-refractivity contribution < 1.29 is 18.7 Å². The number of benzene rings is 2. The number of aryl methyl sites for hydroxylation is 2. The van der Waals surface area contributed by atoms with Crippen LogP contribution in [-0.2, 0) is 6.42 Å². The van der Waals surface area contributed by atoms with Gasteiger partial charge in [-0.3, -0.25) is 4.79 Å². The topological polar surface area (TPSA) is 73.3 Å². The molecule has 28 heavy (non-hydrogen) atoms. The Morgan fingerprint density at radius 2 is 1.82 bits per heavy atom. The first-order chi connectivity index (χ1) is 13.4. The third-order valence-corrected chi connectivity index (χ3v) is 4.56. The fourth-order valence-electron chi connectivity index (χ4n) is 2.95. The van der Waals surface area contributed by atoms with Gasteiger partial charge in [0.2, 0.25) is 0 Å². The minimum atomic E-state index is -0.523. The molecule has 0 saturated heterocycles. The largest absolute Gasteiger partial charge is 0.497 e. The number of hydrogen-bond donors (Lipinski definition) is 1. The fraction of sp³-hybridized carbons (Fsp3) is 0.286. The van der Waals surface area contributed by atoms with Gasteiger partial charge in [-0.15, -0.1) is 0 Å². The number of rotatable bonds is 6.